The van der Waals surface area contributed by atoms with Crippen LogP contribution in [0.1, 0.15) is 48.9 Å². The Labute approximate surface area is 205 Å². The third kappa shape index (κ3) is 9.15. The summed E-state index contributed by atoms with van der Waals surface area (Å²) in [4.78, 5) is 0. The van der Waals surface area contributed by atoms with E-state index in [2.05, 4.69) is 74.5 Å². The lowest BCUT2D eigenvalue weighted by molar-refractivity contribution is 0.306. The minimum atomic E-state index is 0.635. The van der Waals surface area contributed by atoms with Crippen LogP contribution in [0.4, 0.5) is 0 Å². The van der Waals surface area contributed by atoms with Crippen molar-refractivity contribution < 1.29 is 9.47 Å². The van der Waals surface area contributed by atoms with Crippen LogP contribution in [-0.2, 0) is 26.1 Å². The van der Waals surface area contributed by atoms with Crippen LogP contribution in [0.2, 0.25) is 0 Å². The Morgan fingerprint density at radius 3 is 1.21 bits per heavy atom. The minimum Gasteiger partial charge on any atom is -0.489 e. The largest absolute Gasteiger partial charge is 0.489 e. The first-order chi connectivity index (χ1) is 16.8. The molecule has 2 nitrogen and oxygen atoms in total. The average Bonchev–Trinajstić information content (AvgIpc) is 2.89. The van der Waals surface area contributed by atoms with Crippen LogP contribution in [0, 0.1) is 0 Å². The number of benzene rings is 4. The van der Waals surface area contributed by atoms with E-state index in [4.69, 9.17) is 9.47 Å². The van der Waals surface area contributed by atoms with Gasteiger partial charge in [-0.2, -0.15) is 0 Å². The van der Waals surface area contributed by atoms with Crippen LogP contribution in [0.15, 0.2) is 109 Å². The van der Waals surface area contributed by atoms with E-state index >= 15 is 0 Å². The number of hydrogen-bond acceptors (Lipinski definition) is 2. The molecule has 0 aliphatic carbocycles. The van der Waals surface area contributed by atoms with Gasteiger partial charge < -0.3 is 9.47 Å². The van der Waals surface area contributed by atoms with Crippen LogP contribution in [0.3, 0.4) is 0 Å². The Morgan fingerprint density at radius 2 is 0.824 bits per heavy atom. The Hall–Kier alpha value is -3.52. The molecular formula is C32H36O2. The zero-order valence-electron chi connectivity index (χ0n) is 20.5. The van der Waals surface area contributed by atoms with Gasteiger partial charge in [-0.1, -0.05) is 112 Å². The molecule has 0 atom stereocenters. The molecule has 4 rings (SSSR count). The van der Waals surface area contributed by atoms with Crippen molar-refractivity contribution >= 4 is 0 Å². The van der Waals surface area contributed by atoms with Crippen LogP contribution < -0.4 is 9.47 Å². The summed E-state index contributed by atoms with van der Waals surface area (Å²) in [5.41, 5.74) is 5.10. The summed E-state index contributed by atoms with van der Waals surface area (Å²) >= 11 is 0. The van der Waals surface area contributed by atoms with E-state index in [0.717, 1.165) is 24.3 Å². The molecule has 34 heavy (non-hydrogen) atoms. The van der Waals surface area contributed by atoms with Crippen molar-refractivity contribution in [2.24, 2.45) is 0 Å². The van der Waals surface area contributed by atoms with Gasteiger partial charge >= 0.3 is 0 Å². The molecule has 2 heteroatoms. The molecule has 0 saturated carbocycles. The standard InChI is InChI=1S/2C16H18O/c2*1-2-7-14-10-6-11-16(12-14)17-13-15-8-4-3-5-9-15/h2*3-6,8-12H,2,7,13H2,1H3. The van der Waals surface area contributed by atoms with Crippen LogP contribution in [-0.4, -0.2) is 0 Å². The maximum absolute atomic E-state index is 5.78. The Morgan fingerprint density at radius 1 is 0.441 bits per heavy atom. The lowest BCUT2D eigenvalue weighted by Gasteiger charge is -2.07. The summed E-state index contributed by atoms with van der Waals surface area (Å²) in [5, 5.41) is 0. The van der Waals surface area contributed by atoms with Crippen LogP contribution in [0.5, 0.6) is 11.5 Å². The highest BCUT2D eigenvalue weighted by atomic mass is 16.5. The molecule has 0 unspecified atom stereocenters. The van der Waals surface area contributed by atoms with Gasteiger partial charge in [0.05, 0.1) is 0 Å². The molecule has 0 radical (unpaired) electrons. The third-order valence-electron chi connectivity index (χ3n) is 5.37. The highest BCUT2D eigenvalue weighted by Gasteiger charge is 1.98. The fourth-order valence-corrected chi connectivity index (χ4v) is 3.64. The lowest BCUT2D eigenvalue weighted by Crippen LogP contribution is -1.95. The molecule has 176 valence electrons. The van der Waals surface area contributed by atoms with Gasteiger partial charge in [0.25, 0.3) is 0 Å². The predicted octanol–water partition coefficient (Wildman–Crippen LogP) is 8.44. The molecule has 0 aliphatic rings. The average molecular weight is 453 g/mol. The van der Waals surface area contributed by atoms with Crippen molar-refractivity contribution in [2.75, 3.05) is 0 Å². The second kappa shape index (κ2) is 14.6. The van der Waals surface area contributed by atoms with Gasteiger partial charge in [0.15, 0.2) is 0 Å². The molecule has 0 spiro atoms. The second-order valence-corrected chi connectivity index (χ2v) is 8.34. The molecular weight excluding hydrogens is 416 g/mol. The van der Waals surface area contributed by atoms with E-state index in [0.29, 0.717) is 13.2 Å². The van der Waals surface area contributed by atoms with E-state index < -0.39 is 0 Å². The molecule has 0 fully saturated rings. The van der Waals surface area contributed by atoms with Gasteiger partial charge in [0.2, 0.25) is 0 Å². The van der Waals surface area contributed by atoms with E-state index in [-0.39, 0.29) is 0 Å². The molecule has 0 N–H and O–H groups in total. The first-order valence-electron chi connectivity index (χ1n) is 12.3. The number of ether oxygens (including phenoxy) is 2. The monoisotopic (exact) mass is 452 g/mol. The smallest absolute Gasteiger partial charge is 0.120 e. The topological polar surface area (TPSA) is 18.5 Å². The van der Waals surface area contributed by atoms with Gasteiger partial charge in [-0.15, -0.1) is 0 Å². The fraction of sp³-hybridized carbons (Fsp3) is 0.250. The van der Waals surface area contributed by atoms with Crippen molar-refractivity contribution in [3.63, 3.8) is 0 Å². The maximum Gasteiger partial charge on any atom is 0.120 e. The Kier molecular flexibility index (Phi) is 10.8. The lowest BCUT2D eigenvalue weighted by atomic mass is 10.1. The molecule has 4 aromatic rings. The van der Waals surface area contributed by atoms with E-state index in [9.17, 15) is 0 Å². The Balaban J connectivity index is 0.000000191. The van der Waals surface area contributed by atoms with Crippen molar-refractivity contribution in [3.05, 3.63) is 131 Å². The van der Waals surface area contributed by atoms with Gasteiger partial charge in [-0.3, -0.25) is 0 Å². The number of rotatable bonds is 10. The summed E-state index contributed by atoms with van der Waals surface area (Å²) in [6.45, 7) is 5.65. The molecule has 4 aromatic carbocycles. The zero-order valence-corrected chi connectivity index (χ0v) is 20.5. The van der Waals surface area contributed by atoms with Crippen LogP contribution >= 0.6 is 0 Å². The molecule has 0 aromatic heterocycles. The van der Waals surface area contributed by atoms with Gasteiger partial charge in [0.1, 0.15) is 24.7 Å². The summed E-state index contributed by atoms with van der Waals surface area (Å²) < 4.78 is 11.6. The van der Waals surface area contributed by atoms with Crippen molar-refractivity contribution in [1.29, 1.82) is 0 Å². The SMILES string of the molecule is CCCc1cccc(OCc2ccccc2)c1.CCCc1cccc(OCc2ccccc2)c1. The highest BCUT2D eigenvalue weighted by Crippen LogP contribution is 2.17. The van der Waals surface area contributed by atoms with Gasteiger partial charge in [0, 0.05) is 0 Å². The normalized spacial score (nSPS) is 10.2. The van der Waals surface area contributed by atoms with E-state index in [1.54, 1.807) is 0 Å². The number of hydrogen-bond donors (Lipinski definition) is 0. The maximum atomic E-state index is 5.78. The van der Waals surface area contributed by atoms with Gasteiger partial charge in [-0.25, -0.2) is 0 Å². The Bertz CT molecular complexity index is 985. The third-order valence-corrected chi connectivity index (χ3v) is 5.37. The number of aryl methyl sites for hydroxylation is 2. The molecule has 0 aliphatic heterocycles. The molecule has 0 heterocycles. The van der Waals surface area contributed by atoms with Crippen LogP contribution in [0.25, 0.3) is 0 Å². The second-order valence-electron chi connectivity index (χ2n) is 8.34. The zero-order chi connectivity index (χ0) is 23.8. The van der Waals surface area contributed by atoms with E-state index in [1.165, 1.54) is 35.1 Å². The van der Waals surface area contributed by atoms with Crippen molar-refractivity contribution in [1.82, 2.24) is 0 Å². The fourth-order valence-electron chi connectivity index (χ4n) is 3.64. The van der Waals surface area contributed by atoms with Crippen molar-refractivity contribution in [2.45, 2.75) is 52.7 Å². The summed E-state index contributed by atoms with van der Waals surface area (Å²) in [7, 11) is 0. The van der Waals surface area contributed by atoms with E-state index in [1.807, 2.05) is 48.5 Å². The minimum absolute atomic E-state index is 0.635. The quantitative estimate of drug-likeness (QED) is 0.240. The first-order valence-corrected chi connectivity index (χ1v) is 12.3. The highest BCUT2D eigenvalue weighted by molar-refractivity contribution is 5.30. The van der Waals surface area contributed by atoms with Crippen molar-refractivity contribution in [3.8, 4) is 11.5 Å². The summed E-state index contributed by atoms with van der Waals surface area (Å²) in [6, 6.07) is 37.2. The molecule has 0 amide bonds. The van der Waals surface area contributed by atoms with Gasteiger partial charge in [-0.05, 0) is 59.4 Å². The first kappa shape index (κ1) is 25.1. The molecule has 0 bridgehead atoms. The molecule has 0 saturated heterocycles. The summed E-state index contributed by atoms with van der Waals surface area (Å²) in [6.07, 6.45) is 4.56. The summed E-state index contributed by atoms with van der Waals surface area (Å²) in [5.74, 6) is 1.92. The predicted molar refractivity (Wildman–Crippen MR) is 142 cm³/mol.